The van der Waals surface area contributed by atoms with E-state index in [0.717, 1.165) is 32.5 Å². The van der Waals surface area contributed by atoms with E-state index < -0.39 is 5.54 Å². The van der Waals surface area contributed by atoms with Crippen LogP contribution < -0.4 is 5.32 Å². The smallest absolute Gasteiger partial charge is 0.104 e. The van der Waals surface area contributed by atoms with Crippen LogP contribution in [0.25, 0.3) is 0 Å². The summed E-state index contributed by atoms with van der Waals surface area (Å²) in [5.74, 6) is 0. The van der Waals surface area contributed by atoms with Gasteiger partial charge in [0.1, 0.15) is 5.54 Å². The molecular formula is C14H28N2O2. The highest BCUT2D eigenvalue weighted by atomic mass is 16.5. The van der Waals surface area contributed by atoms with Gasteiger partial charge in [-0.15, -0.1) is 0 Å². The Balaban J connectivity index is 3.54. The van der Waals surface area contributed by atoms with E-state index in [0.29, 0.717) is 19.3 Å². The lowest BCUT2D eigenvalue weighted by atomic mass is 9.96. The van der Waals surface area contributed by atoms with E-state index in [4.69, 9.17) is 9.47 Å². The van der Waals surface area contributed by atoms with Gasteiger partial charge in [-0.1, -0.05) is 0 Å². The van der Waals surface area contributed by atoms with Crippen molar-refractivity contribution in [2.75, 3.05) is 26.4 Å². The third kappa shape index (κ3) is 9.41. The molecule has 0 amide bonds. The first-order chi connectivity index (χ1) is 8.54. The van der Waals surface area contributed by atoms with Crippen molar-refractivity contribution in [2.45, 2.75) is 58.5 Å². The summed E-state index contributed by atoms with van der Waals surface area (Å²) in [5, 5.41) is 12.5. The lowest BCUT2D eigenvalue weighted by Gasteiger charge is -2.25. The van der Waals surface area contributed by atoms with E-state index in [-0.39, 0.29) is 0 Å². The van der Waals surface area contributed by atoms with Crippen LogP contribution in [-0.2, 0) is 9.47 Å². The fourth-order valence-corrected chi connectivity index (χ4v) is 1.84. The number of rotatable bonds is 11. The Morgan fingerprint density at radius 3 is 2.39 bits per heavy atom. The molecule has 1 N–H and O–H groups in total. The van der Waals surface area contributed by atoms with E-state index in [1.54, 1.807) is 0 Å². The molecule has 0 aromatic rings. The summed E-state index contributed by atoms with van der Waals surface area (Å²) in [6.45, 7) is 10.9. The van der Waals surface area contributed by atoms with Gasteiger partial charge in [0, 0.05) is 19.3 Å². The number of nitrogens with one attached hydrogen (secondary N) is 1. The van der Waals surface area contributed by atoms with Gasteiger partial charge in [0.15, 0.2) is 0 Å². The molecular weight excluding hydrogens is 228 g/mol. The second kappa shape index (κ2) is 10.3. The Bertz CT molecular complexity index is 238. The molecule has 0 heterocycles. The van der Waals surface area contributed by atoms with Crippen molar-refractivity contribution in [1.82, 2.24) is 5.32 Å². The Kier molecular flexibility index (Phi) is 9.95. The van der Waals surface area contributed by atoms with Crippen molar-refractivity contribution < 1.29 is 9.47 Å². The predicted octanol–water partition coefficient (Wildman–Crippen LogP) is 2.49. The minimum Gasteiger partial charge on any atom is -0.379 e. The van der Waals surface area contributed by atoms with E-state index in [1.807, 2.05) is 13.8 Å². The highest BCUT2D eigenvalue weighted by molar-refractivity contribution is 5.04. The van der Waals surface area contributed by atoms with Crippen molar-refractivity contribution in [3.63, 3.8) is 0 Å². The predicted molar refractivity (Wildman–Crippen MR) is 73.5 cm³/mol. The zero-order valence-corrected chi connectivity index (χ0v) is 12.3. The molecule has 0 aromatic heterocycles. The second-order valence-corrected chi connectivity index (χ2v) is 5.01. The molecule has 0 aliphatic rings. The maximum Gasteiger partial charge on any atom is 0.104 e. The molecule has 0 spiro atoms. The number of hydrogen-bond donors (Lipinski definition) is 1. The molecule has 0 aliphatic heterocycles. The number of nitriles is 1. The van der Waals surface area contributed by atoms with Crippen LogP contribution in [0.4, 0.5) is 0 Å². The third-order valence-electron chi connectivity index (χ3n) is 2.65. The molecule has 0 saturated heterocycles. The molecule has 4 nitrogen and oxygen atoms in total. The largest absolute Gasteiger partial charge is 0.379 e. The first-order valence-electron chi connectivity index (χ1n) is 6.88. The van der Waals surface area contributed by atoms with Gasteiger partial charge in [-0.05, 0) is 47.0 Å². The zero-order valence-electron chi connectivity index (χ0n) is 12.3. The number of ether oxygens (including phenoxy) is 2. The molecule has 0 aliphatic carbocycles. The van der Waals surface area contributed by atoms with Crippen LogP contribution in [0.1, 0.15) is 47.0 Å². The second-order valence-electron chi connectivity index (χ2n) is 5.01. The van der Waals surface area contributed by atoms with Gasteiger partial charge < -0.3 is 9.47 Å². The van der Waals surface area contributed by atoms with E-state index >= 15 is 0 Å². The lowest BCUT2D eigenvalue weighted by Crippen LogP contribution is -2.44. The normalized spacial score (nSPS) is 14.4. The summed E-state index contributed by atoms with van der Waals surface area (Å²) >= 11 is 0. The van der Waals surface area contributed by atoms with E-state index in [1.165, 1.54) is 0 Å². The maximum atomic E-state index is 9.17. The Morgan fingerprint density at radius 2 is 1.83 bits per heavy atom. The summed E-state index contributed by atoms with van der Waals surface area (Å²) < 4.78 is 10.6. The van der Waals surface area contributed by atoms with Crippen LogP contribution in [0.5, 0.6) is 0 Å². The standard InChI is InChI=1S/C14H28N2O2/c1-5-17-10-11-18-9-7-6-8-14(4,12-15)16-13(2)3/h13,16H,5-11H2,1-4H3. The molecule has 106 valence electrons. The summed E-state index contributed by atoms with van der Waals surface area (Å²) in [4.78, 5) is 0. The minimum absolute atomic E-state index is 0.331. The fourth-order valence-electron chi connectivity index (χ4n) is 1.84. The summed E-state index contributed by atoms with van der Waals surface area (Å²) in [6, 6.07) is 2.69. The third-order valence-corrected chi connectivity index (χ3v) is 2.65. The number of unbranched alkanes of at least 4 members (excludes halogenated alkanes) is 1. The first kappa shape index (κ1) is 17.4. The fraction of sp³-hybridized carbons (Fsp3) is 0.929. The average molecular weight is 256 g/mol. The SMILES string of the molecule is CCOCCOCCCCC(C)(C#N)NC(C)C. The highest BCUT2D eigenvalue weighted by Crippen LogP contribution is 2.13. The van der Waals surface area contributed by atoms with Crippen LogP contribution in [0.2, 0.25) is 0 Å². The Labute approximate surface area is 112 Å². The van der Waals surface area contributed by atoms with Crippen LogP contribution in [0.3, 0.4) is 0 Å². The molecule has 18 heavy (non-hydrogen) atoms. The van der Waals surface area contributed by atoms with Crippen LogP contribution >= 0.6 is 0 Å². The van der Waals surface area contributed by atoms with Gasteiger partial charge >= 0.3 is 0 Å². The zero-order chi connectivity index (χ0) is 13.9. The van der Waals surface area contributed by atoms with Crippen LogP contribution in [0.15, 0.2) is 0 Å². The van der Waals surface area contributed by atoms with Crippen LogP contribution in [0, 0.1) is 11.3 Å². The molecule has 1 atom stereocenters. The Hall–Kier alpha value is -0.630. The molecule has 1 unspecified atom stereocenters. The van der Waals surface area contributed by atoms with Crippen molar-refractivity contribution in [2.24, 2.45) is 0 Å². The lowest BCUT2D eigenvalue weighted by molar-refractivity contribution is 0.0509. The van der Waals surface area contributed by atoms with Gasteiger partial charge in [0.2, 0.25) is 0 Å². The number of nitrogens with zero attached hydrogens (tertiary/aromatic N) is 1. The molecule has 0 fully saturated rings. The number of hydrogen-bond acceptors (Lipinski definition) is 4. The van der Waals surface area contributed by atoms with Crippen molar-refractivity contribution in [1.29, 1.82) is 5.26 Å². The molecule has 0 radical (unpaired) electrons. The van der Waals surface area contributed by atoms with Crippen molar-refractivity contribution in [3.8, 4) is 6.07 Å². The van der Waals surface area contributed by atoms with E-state index in [2.05, 4.69) is 25.2 Å². The Morgan fingerprint density at radius 1 is 1.17 bits per heavy atom. The van der Waals surface area contributed by atoms with Gasteiger partial charge in [-0.3, -0.25) is 5.32 Å². The maximum absolute atomic E-state index is 9.17. The van der Waals surface area contributed by atoms with Gasteiger partial charge in [-0.25, -0.2) is 0 Å². The average Bonchev–Trinajstić information content (AvgIpc) is 2.32. The quantitative estimate of drug-likeness (QED) is 0.577. The van der Waals surface area contributed by atoms with Crippen molar-refractivity contribution in [3.05, 3.63) is 0 Å². The monoisotopic (exact) mass is 256 g/mol. The summed E-state index contributed by atoms with van der Waals surface area (Å²) in [6.07, 6.45) is 2.85. The topological polar surface area (TPSA) is 54.3 Å². The molecule has 0 saturated carbocycles. The molecule has 0 bridgehead atoms. The summed E-state index contributed by atoms with van der Waals surface area (Å²) in [7, 11) is 0. The van der Waals surface area contributed by atoms with Crippen molar-refractivity contribution >= 4 is 0 Å². The molecule has 0 aromatic carbocycles. The minimum atomic E-state index is -0.417. The first-order valence-corrected chi connectivity index (χ1v) is 6.88. The molecule has 4 heteroatoms. The van der Waals surface area contributed by atoms with Crippen LogP contribution in [-0.4, -0.2) is 38.0 Å². The molecule has 0 rings (SSSR count). The van der Waals surface area contributed by atoms with Gasteiger partial charge in [0.05, 0.1) is 19.3 Å². The van der Waals surface area contributed by atoms with E-state index in [9.17, 15) is 5.26 Å². The van der Waals surface area contributed by atoms with Gasteiger partial charge in [-0.2, -0.15) is 5.26 Å². The summed E-state index contributed by atoms with van der Waals surface area (Å²) in [5.41, 5.74) is -0.417. The highest BCUT2D eigenvalue weighted by Gasteiger charge is 2.23. The van der Waals surface area contributed by atoms with Gasteiger partial charge in [0.25, 0.3) is 0 Å².